The van der Waals surface area contributed by atoms with Crippen LogP contribution in [0, 0.1) is 13.8 Å². The maximum Gasteiger partial charge on any atom is 0.271 e. The van der Waals surface area contributed by atoms with Gasteiger partial charge in [-0.1, -0.05) is 30.3 Å². The van der Waals surface area contributed by atoms with E-state index < -0.39 is 0 Å². The lowest BCUT2D eigenvalue weighted by molar-refractivity contribution is 0.0620. The molecule has 1 saturated heterocycles. The maximum absolute atomic E-state index is 13.0. The molecule has 1 amide bonds. The molecule has 158 valence electrons. The van der Waals surface area contributed by atoms with Crippen LogP contribution in [0.4, 0.5) is 0 Å². The standard InChI is InChI=1S/C24H26N6O/c1-17-8-9-30-22(18(2)25-23(30)14-17)16-28-10-12-29(13-11-28)24(31)21-15-20(26-27-21)19-6-4-3-5-7-19/h3-9,14-15H,10-13,16H2,1-2H3,(H,26,27). The normalized spacial score (nSPS) is 15.0. The van der Waals surface area contributed by atoms with Crippen molar-refractivity contribution in [2.24, 2.45) is 0 Å². The molecule has 1 fully saturated rings. The number of benzene rings is 1. The van der Waals surface area contributed by atoms with Crippen LogP contribution in [0.2, 0.25) is 0 Å². The summed E-state index contributed by atoms with van der Waals surface area (Å²) in [5.74, 6) is 0.00999. The summed E-state index contributed by atoms with van der Waals surface area (Å²) >= 11 is 0. The van der Waals surface area contributed by atoms with Crippen molar-refractivity contribution in [3.8, 4) is 11.3 Å². The fraction of sp³-hybridized carbons (Fsp3) is 0.292. The van der Waals surface area contributed by atoms with E-state index in [4.69, 9.17) is 4.98 Å². The first-order chi connectivity index (χ1) is 15.1. The largest absolute Gasteiger partial charge is 0.335 e. The SMILES string of the molecule is Cc1ccn2c(CN3CCN(C(=O)c4cc(-c5ccccc5)n[nH]4)CC3)c(C)nc2c1. The summed E-state index contributed by atoms with van der Waals surface area (Å²) in [5.41, 5.74) is 6.83. The highest BCUT2D eigenvalue weighted by molar-refractivity contribution is 5.93. The first-order valence-electron chi connectivity index (χ1n) is 10.6. The van der Waals surface area contributed by atoms with E-state index in [1.807, 2.05) is 41.3 Å². The number of aryl methyl sites for hydroxylation is 2. The Morgan fingerprint density at radius 3 is 2.58 bits per heavy atom. The smallest absolute Gasteiger partial charge is 0.271 e. The van der Waals surface area contributed by atoms with Gasteiger partial charge in [0.25, 0.3) is 5.91 Å². The number of nitrogens with zero attached hydrogens (tertiary/aromatic N) is 5. The van der Waals surface area contributed by atoms with Crippen molar-refractivity contribution in [3.63, 3.8) is 0 Å². The second-order valence-electron chi connectivity index (χ2n) is 8.18. The molecule has 5 rings (SSSR count). The molecule has 4 aromatic rings. The third-order valence-corrected chi connectivity index (χ3v) is 5.99. The molecular weight excluding hydrogens is 388 g/mol. The van der Waals surface area contributed by atoms with Gasteiger partial charge in [-0.2, -0.15) is 5.10 Å². The van der Waals surface area contributed by atoms with Crippen LogP contribution in [0.5, 0.6) is 0 Å². The van der Waals surface area contributed by atoms with Gasteiger partial charge in [-0.3, -0.25) is 14.8 Å². The van der Waals surface area contributed by atoms with E-state index in [1.165, 1.54) is 11.3 Å². The molecule has 0 saturated carbocycles. The number of pyridine rings is 1. The minimum Gasteiger partial charge on any atom is -0.335 e. The Hall–Kier alpha value is -3.45. The number of imidazole rings is 1. The van der Waals surface area contributed by atoms with Crippen LogP contribution in [-0.2, 0) is 6.54 Å². The van der Waals surface area contributed by atoms with E-state index in [0.29, 0.717) is 18.8 Å². The molecule has 1 aliphatic rings. The highest BCUT2D eigenvalue weighted by Crippen LogP contribution is 2.19. The molecule has 0 atom stereocenters. The molecule has 4 heterocycles. The topological polar surface area (TPSA) is 69.5 Å². The number of piperazine rings is 1. The minimum atomic E-state index is 0.00999. The number of fused-ring (bicyclic) bond motifs is 1. The van der Waals surface area contributed by atoms with Crippen LogP contribution in [0.15, 0.2) is 54.7 Å². The van der Waals surface area contributed by atoms with Gasteiger partial charge in [0.2, 0.25) is 0 Å². The summed E-state index contributed by atoms with van der Waals surface area (Å²) in [4.78, 5) is 22.0. The van der Waals surface area contributed by atoms with Gasteiger partial charge < -0.3 is 9.30 Å². The third-order valence-electron chi connectivity index (χ3n) is 5.99. The highest BCUT2D eigenvalue weighted by atomic mass is 16.2. The molecule has 31 heavy (non-hydrogen) atoms. The zero-order chi connectivity index (χ0) is 21.4. The van der Waals surface area contributed by atoms with E-state index in [0.717, 1.165) is 42.2 Å². The van der Waals surface area contributed by atoms with Crippen molar-refractivity contribution >= 4 is 11.6 Å². The van der Waals surface area contributed by atoms with Crippen molar-refractivity contribution in [1.29, 1.82) is 0 Å². The number of carbonyl (C=O) groups excluding carboxylic acids is 1. The lowest BCUT2D eigenvalue weighted by Crippen LogP contribution is -2.48. The van der Waals surface area contributed by atoms with E-state index in [-0.39, 0.29) is 5.91 Å². The van der Waals surface area contributed by atoms with Crippen molar-refractivity contribution in [2.45, 2.75) is 20.4 Å². The molecule has 0 aliphatic carbocycles. The number of amides is 1. The Morgan fingerprint density at radius 1 is 1.03 bits per heavy atom. The third kappa shape index (κ3) is 3.84. The minimum absolute atomic E-state index is 0.00999. The number of H-pyrrole nitrogens is 1. The second-order valence-corrected chi connectivity index (χ2v) is 8.18. The molecule has 0 radical (unpaired) electrons. The molecule has 1 aliphatic heterocycles. The molecule has 1 aromatic carbocycles. The lowest BCUT2D eigenvalue weighted by atomic mass is 10.1. The number of aromatic amines is 1. The van der Waals surface area contributed by atoms with Crippen LogP contribution in [-0.4, -0.2) is 61.5 Å². The molecule has 0 unspecified atom stereocenters. The van der Waals surface area contributed by atoms with E-state index in [1.54, 1.807) is 0 Å². The van der Waals surface area contributed by atoms with Gasteiger partial charge in [0.15, 0.2) is 0 Å². The molecule has 7 nitrogen and oxygen atoms in total. The molecule has 0 spiro atoms. The summed E-state index contributed by atoms with van der Waals surface area (Å²) < 4.78 is 2.18. The van der Waals surface area contributed by atoms with Crippen LogP contribution in [0.3, 0.4) is 0 Å². The van der Waals surface area contributed by atoms with Gasteiger partial charge in [-0.05, 0) is 37.6 Å². The summed E-state index contributed by atoms with van der Waals surface area (Å²) in [6.07, 6.45) is 2.10. The van der Waals surface area contributed by atoms with Crippen molar-refractivity contribution in [2.75, 3.05) is 26.2 Å². The molecule has 7 heteroatoms. The zero-order valence-corrected chi connectivity index (χ0v) is 17.9. The quantitative estimate of drug-likeness (QED) is 0.556. The molecular formula is C24H26N6O. The summed E-state index contributed by atoms with van der Waals surface area (Å²) in [5, 5.41) is 7.23. The van der Waals surface area contributed by atoms with Gasteiger partial charge in [-0.15, -0.1) is 0 Å². The van der Waals surface area contributed by atoms with Gasteiger partial charge in [0, 0.05) is 44.5 Å². The maximum atomic E-state index is 13.0. The fourth-order valence-electron chi connectivity index (χ4n) is 4.18. The number of nitrogens with one attached hydrogen (secondary N) is 1. The second kappa shape index (κ2) is 8.00. The Labute approximate surface area is 181 Å². The number of hydrogen-bond donors (Lipinski definition) is 1. The monoisotopic (exact) mass is 414 g/mol. The van der Waals surface area contributed by atoms with Crippen molar-refractivity contribution in [3.05, 3.63) is 77.4 Å². The molecule has 0 bridgehead atoms. The number of rotatable bonds is 4. The zero-order valence-electron chi connectivity index (χ0n) is 17.9. The van der Waals surface area contributed by atoms with E-state index >= 15 is 0 Å². The number of carbonyl (C=O) groups is 1. The highest BCUT2D eigenvalue weighted by Gasteiger charge is 2.24. The lowest BCUT2D eigenvalue weighted by Gasteiger charge is -2.34. The van der Waals surface area contributed by atoms with Gasteiger partial charge in [-0.25, -0.2) is 4.98 Å². The first kappa shape index (κ1) is 19.5. The first-order valence-corrected chi connectivity index (χ1v) is 10.6. The number of hydrogen-bond acceptors (Lipinski definition) is 4. The summed E-state index contributed by atoms with van der Waals surface area (Å²) in [6.45, 7) is 8.07. The average Bonchev–Trinajstić information content (AvgIpc) is 3.39. The molecule has 1 N–H and O–H groups in total. The summed E-state index contributed by atoms with van der Waals surface area (Å²) in [6, 6.07) is 16.0. The van der Waals surface area contributed by atoms with Crippen molar-refractivity contribution < 1.29 is 4.79 Å². The van der Waals surface area contributed by atoms with Gasteiger partial charge >= 0.3 is 0 Å². The Bertz CT molecular complexity index is 1220. The average molecular weight is 415 g/mol. The predicted octanol–water partition coefficient (Wildman–Crippen LogP) is 3.30. The number of aromatic nitrogens is 4. The van der Waals surface area contributed by atoms with E-state index in [2.05, 4.69) is 51.7 Å². The van der Waals surface area contributed by atoms with Gasteiger partial charge in [0.05, 0.1) is 17.1 Å². The Kier molecular flexibility index (Phi) is 5.03. The van der Waals surface area contributed by atoms with E-state index in [9.17, 15) is 4.79 Å². The van der Waals surface area contributed by atoms with Crippen LogP contribution >= 0.6 is 0 Å². The predicted molar refractivity (Wildman–Crippen MR) is 120 cm³/mol. The fourth-order valence-corrected chi connectivity index (χ4v) is 4.18. The van der Waals surface area contributed by atoms with Crippen LogP contribution in [0.1, 0.15) is 27.4 Å². The van der Waals surface area contributed by atoms with Gasteiger partial charge in [0.1, 0.15) is 11.3 Å². The summed E-state index contributed by atoms with van der Waals surface area (Å²) in [7, 11) is 0. The van der Waals surface area contributed by atoms with Crippen LogP contribution < -0.4 is 0 Å². The van der Waals surface area contributed by atoms with Crippen LogP contribution in [0.25, 0.3) is 16.9 Å². The Balaban J connectivity index is 1.23. The molecule has 3 aromatic heterocycles. The van der Waals surface area contributed by atoms with Crippen molar-refractivity contribution in [1.82, 2.24) is 29.4 Å². The Morgan fingerprint density at radius 2 is 1.81 bits per heavy atom.